The van der Waals surface area contributed by atoms with Gasteiger partial charge in [-0.1, -0.05) is 6.07 Å². The highest BCUT2D eigenvalue weighted by molar-refractivity contribution is 7.98. The van der Waals surface area contributed by atoms with Gasteiger partial charge in [-0.05, 0) is 32.2 Å². The van der Waals surface area contributed by atoms with Gasteiger partial charge in [-0.2, -0.15) is 11.8 Å². The van der Waals surface area contributed by atoms with Crippen LogP contribution in [-0.4, -0.2) is 47.4 Å². The number of carbonyl (C=O) groups excluding carboxylic acids is 1. The summed E-state index contributed by atoms with van der Waals surface area (Å²) in [6.07, 6.45) is 1.96. The van der Waals surface area contributed by atoms with Crippen LogP contribution in [0.15, 0.2) is 18.2 Å². The Morgan fingerprint density at radius 1 is 1.52 bits per heavy atom. The van der Waals surface area contributed by atoms with E-state index < -0.39 is 4.92 Å². The highest BCUT2D eigenvalue weighted by Gasteiger charge is 2.27. The molecule has 1 aromatic carbocycles. The van der Waals surface area contributed by atoms with E-state index in [2.05, 4.69) is 5.32 Å². The summed E-state index contributed by atoms with van der Waals surface area (Å²) in [5, 5.41) is 14.3. The highest BCUT2D eigenvalue weighted by atomic mass is 32.2. The molecular formula is C14H21N3O3S. The zero-order chi connectivity index (χ0) is 16.0. The molecule has 1 amide bonds. The lowest BCUT2D eigenvalue weighted by molar-refractivity contribution is -0.384. The fraction of sp³-hybridized carbons (Fsp3) is 0.500. The quantitative estimate of drug-likeness (QED) is 0.619. The zero-order valence-electron chi connectivity index (χ0n) is 12.8. The number of carbonyl (C=O) groups is 1. The van der Waals surface area contributed by atoms with Gasteiger partial charge in [0.25, 0.3) is 5.91 Å². The van der Waals surface area contributed by atoms with E-state index >= 15 is 0 Å². The van der Waals surface area contributed by atoms with Crippen molar-refractivity contribution < 1.29 is 9.72 Å². The van der Waals surface area contributed by atoms with Crippen LogP contribution in [0.2, 0.25) is 0 Å². The molecule has 0 spiro atoms. The highest BCUT2D eigenvalue weighted by Crippen LogP contribution is 2.29. The smallest absolute Gasteiger partial charge is 0.305 e. The molecule has 0 fully saturated rings. The Hall–Kier alpha value is -1.76. The van der Waals surface area contributed by atoms with Crippen molar-refractivity contribution in [3.63, 3.8) is 0 Å². The van der Waals surface area contributed by atoms with Crippen LogP contribution in [0.5, 0.6) is 0 Å². The van der Waals surface area contributed by atoms with Gasteiger partial charge >= 0.3 is 5.69 Å². The third-order valence-electron chi connectivity index (χ3n) is 3.21. The summed E-state index contributed by atoms with van der Waals surface area (Å²) in [4.78, 5) is 24.9. The molecule has 116 valence electrons. The standard InChI is InChI=1S/C14H21N3O3S/c1-5-15-12-8-6-7-11(13(12)17(19)20)14(18)16(3)10(2)9-21-4/h6-8,10,15H,5,9H2,1-4H3. The Morgan fingerprint density at radius 2 is 2.19 bits per heavy atom. The van der Waals surface area contributed by atoms with E-state index in [1.807, 2.05) is 20.1 Å². The molecule has 0 saturated carbocycles. The first-order valence-electron chi connectivity index (χ1n) is 6.71. The molecule has 0 aliphatic heterocycles. The first-order chi connectivity index (χ1) is 9.93. The van der Waals surface area contributed by atoms with Crippen LogP contribution in [-0.2, 0) is 0 Å². The Kier molecular flexibility index (Phi) is 6.48. The van der Waals surface area contributed by atoms with Crippen molar-refractivity contribution in [1.29, 1.82) is 0 Å². The van der Waals surface area contributed by atoms with E-state index in [0.29, 0.717) is 12.2 Å². The lowest BCUT2D eigenvalue weighted by Gasteiger charge is -2.24. The van der Waals surface area contributed by atoms with E-state index in [1.165, 1.54) is 6.07 Å². The topological polar surface area (TPSA) is 75.5 Å². The fourth-order valence-electron chi connectivity index (χ4n) is 1.99. The Labute approximate surface area is 129 Å². The summed E-state index contributed by atoms with van der Waals surface area (Å²) in [5.74, 6) is 0.450. The maximum atomic E-state index is 12.5. The SMILES string of the molecule is CCNc1cccc(C(=O)N(C)C(C)CSC)c1[N+](=O)[O-]. The van der Waals surface area contributed by atoms with Crippen LogP contribution < -0.4 is 5.32 Å². The second-order valence-corrected chi connectivity index (χ2v) is 5.62. The van der Waals surface area contributed by atoms with Crippen molar-refractivity contribution in [1.82, 2.24) is 4.90 Å². The number of thioether (sulfide) groups is 1. The van der Waals surface area contributed by atoms with Crippen molar-refractivity contribution in [2.75, 3.05) is 30.9 Å². The van der Waals surface area contributed by atoms with E-state index in [0.717, 1.165) is 5.75 Å². The fourth-order valence-corrected chi connectivity index (χ4v) is 2.70. The Balaban J connectivity index is 3.20. The predicted octanol–water partition coefficient (Wildman–Crippen LogP) is 2.85. The number of rotatable bonds is 7. The molecule has 0 radical (unpaired) electrons. The molecular weight excluding hydrogens is 290 g/mol. The van der Waals surface area contributed by atoms with Gasteiger partial charge in [-0.3, -0.25) is 14.9 Å². The van der Waals surface area contributed by atoms with E-state index in [4.69, 9.17) is 0 Å². The molecule has 1 aromatic rings. The minimum Gasteiger partial charge on any atom is -0.380 e. The number of nitro benzene ring substituents is 1. The summed E-state index contributed by atoms with van der Waals surface area (Å²) in [6.45, 7) is 4.33. The van der Waals surface area contributed by atoms with Crippen molar-refractivity contribution in [2.45, 2.75) is 19.9 Å². The molecule has 0 aromatic heterocycles. The molecule has 1 rings (SSSR count). The normalized spacial score (nSPS) is 11.8. The van der Waals surface area contributed by atoms with Crippen LogP contribution in [0.1, 0.15) is 24.2 Å². The zero-order valence-corrected chi connectivity index (χ0v) is 13.6. The maximum Gasteiger partial charge on any atom is 0.305 e. The molecule has 1 atom stereocenters. The first kappa shape index (κ1) is 17.3. The van der Waals surface area contributed by atoms with Gasteiger partial charge in [0.05, 0.1) is 4.92 Å². The molecule has 0 aliphatic carbocycles. The first-order valence-corrected chi connectivity index (χ1v) is 8.10. The van der Waals surface area contributed by atoms with Gasteiger partial charge in [0.1, 0.15) is 11.3 Å². The van der Waals surface area contributed by atoms with Gasteiger partial charge in [-0.25, -0.2) is 0 Å². The third kappa shape index (κ3) is 4.10. The van der Waals surface area contributed by atoms with E-state index in [-0.39, 0.29) is 23.2 Å². The molecule has 6 nitrogen and oxygen atoms in total. The number of nitro groups is 1. The molecule has 0 bridgehead atoms. The third-order valence-corrected chi connectivity index (χ3v) is 4.02. The van der Waals surface area contributed by atoms with Crippen LogP contribution in [0.25, 0.3) is 0 Å². The van der Waals surface area contributed by atoms with E-state index in [1.54, 1.807) is 35.8 Å². The Bertz CT molecular complexity index is 522. The van der Waals surface area contributed by atoms with Gasteiger partial charge in [0.2, 0.25) is 0 Å². The number of para-hydroxylation sites is 1. The monoisotopic (exact) mass is 311 g/mol. The number of hydrogen-bond acceptors (Lipinski definition) is 5. The van der Waals surface area contributed by atoms with Gasteiger partial charge < -0.3 is 10.2 Å². The summed E-state index contributed by atoms with van der Waals surface area (Å²) in [5.41, 5.74) is 0.334. The second-order valence-electron chi connectivity index (χ2n) is 4.71. The minimum atomic E-state index is -0.502. The molecule has 1 N–H and O–H groups in total. The number of benzene rings is 1. The van der Waals surface area contributed by atoms with Crippen molar-refractivity contribution in [2.24, 2.45) is 0 Å². The number of nitrogens with zero attached hydrogens (tertiary/aromatic N) is 2. The molecule has 0 saturated heterocycles. The van der Waals surface area contributed by atoms with Crippen LogP contribution in [0, 0.1) is 10.1 Å². The lowest BCUT2D eigenvalue weighted by Crippen LogP contribution is -2.37. The molecule has 1 unspecified atom stereocenters. The molecule has 7 heteroatoms. The Morgan fingerprint density at radius 3 is 2.71 bits per heavy atom. The average molecular weight is 311 g/mol. The maximum absolute atomic E-state index is 12.5. The predicted molar refractivity (Wildman–Crippen MR) is 87.2 cm³/mol. The second kappa shape index (κ2) is 7.87. The summed E-state index contributed by atoms with van der Waals surface area (Å²) in [6, 6.07) is 4.79. The van der Waals surface area contributed by atoms with Crippen molar-refractivity contribution in [3.8, 4) is 0 Å². The molecule has 0 aliphatic rings. The number of nitrogens with one attached hydrogen (secondary N) is 1. The molecule has 0 heterocycles. The minimum absolute atomic E-state index is 0.00916. The number of hydrogen-bond donors (Lipinski definition) is 1. The number of anilines is 1. The van der Waals surface area contributed by atoms with Crippen LogP contribution in [0.4, 0.5) is 11.4 Å². The summed E-state index contributed by atoms with van der Waals surface area (Å²) >= 11 is 1.63. The lowest BCUT2D eigenvalue weighted by atomic mass is 10.1. The summed E-state index contributed by atoms with van der Waals surface area (Å²) in [7, 11) is 1.67. The van der Waals surface area contributed by atoms with E-state index in [9.17, 15) is 14.9 Å². The summed E-state index contributed by atoms with van der Waals surface area (Å²) < 4.78 is 0. The van der Waals surface area contributed by atoms with Gasteiger partial charge in [-0.15, -0.1) is 0 Å². The van der Waals surface area contributed by atoms with Crippen molar-refractivity contribution >= 4 is 29.0 Å². The number of amides is 1. The molecule has 21 heavy (non-hydrogen) atoms. The van der Waals surface area contributed by atoms with Gasteiger partial charge in [0, 0.05) is 25.4 Å². The largest absolute Gasteiger partial charge is 0.380 e. The average Bonchev–Trinajstić information content (AvgIpc) is 2.45. The van der Waals surface area contributed by atoms with Crippen molar-refractivity contribution in [3.05, 3.63) is 33.9 Å². The van der Waals surface area contributed by atoms with Crippen LogP contribution >= 0.6 is 11.8 Å². The van der Waals surface area contributed by atoms with Crippen LogP contribution in [0.3, 0.4) is 0 Å². The van der Waals surface area contributed by atoms with Gasteiger partial charge in [0.15, 0.2) is 0 Å².